The van der Waals surface area contributed by atoms with Gasteiger partial charge in [0.25, 0.3) is 0 Å². The first-order valence-corrected chi connectivity index (χ1v) is 7.02. The highest BCUT2D eigenvalue weighted by atomic mass is 19.4. The number of nitrogens with zero attached hydrogens (tertiary/aromatic N) is 3. The van der Waals surface area contributed by atoms with Crippen LogP contribution in [0, 0.1) is 0 Å². The number of H-pyrrole nitrogens is 1. The van der Waals surface area contributed by atoms with E-state index in [-0.39, 0.29) is 30.1 Å². The van der Waals surface area contributed by atoms with Crippen LogP contribution in [0.4, 0.5) is 23.8 Å². The number of rotatable bonds is 2. The molecule has 0 aliphatic carbocycles. The van der Waals surface area contributed by atoms with Gasteiger partial charge in [-0.25, -0.2) is 9.78 Å². The van der Waals surface area contributed by atoms with Crippen molar-refractivity contribution in [3.05, 3.63) is 30.0 Å². The van der Waals surface area contributed by atoms with E-state index in [4.69, 9.17) is 0 Å². The minimum absolute atomic E-state index is 0.247. The first-order chi connectivity index (χ1) is 10.9. The van der Waals surface area contributed by atoms with Crippen LogP contribution < -0.4 is 5.32 Å². The van der Waals surface area contributed by atoms with Gasteiger partial charge in [-0.15, -0.1) is 0 Å². The van der Waals surface area contributed by atoms with Gasteiger partial charge in [0.1, 0.15) is 17.8 Å². The van der Waals surface area contributed by atoms with E-state index in [2.05, 4.69) is 25.0 Å². The summed E-state index contributed by atoms with van der Waals surface area (Å²) in [5.41, 5.74) is -0.878. The first kappa shape index (κ1) is 15.4. The molecule has 0 unspecified atom stereocenters. The van der Waals surface area contributed by atoms with E-state index in [1.54, 1.807) is 0 Å². The third-order valence-corrected chi connectivity index (χ3v) is 3.67. The second-order valence-corrected chi connectivity index (χ2v) is 5.28. The summed E-state index contributed by atoms with van der Waals surface area (Å²) in [7, 11) is 0. The van der Waals surface area contributed by atoms with Crippen LogP contribution >= 0.6 is 0 Å². The average molecular weight is 329 g/mol. The number of nitrogens with one attached hydrogen (secondary N) is 2. The van der Waals surface area contributed by atoms with Crippen LogP contribution in [0.3, 0.4) is 0 Å². The number of piperidine rings is 1. The number of alkyl halides is 3. The number of amides is 2. The summed E-state index contributed by atoms with van der Waals surface area (Å²) >= 11 is 0. The molecule has 0 spiro atoms. The van der Waals surface area contributed by atoms with Crippen molar-refractivity contribution < 1.29 is 22.5 Å². The summed E-state index contributed by atoms with van der Waals surface area (Å²) in [6.45, 7) is 0.807. The second kappa shape index (κ2) is 5.94. The Morgan fingerprint density at radius 1 is 1.48 bits per heavy atom. The van der Waals surface area contributed by atoms with Gasteiger partial charge in [0.15, 0.2) is 5.82 Å². The van der Waals surface area contributed by atoms with E-state index in [0.29, 0.717) is 19.4 Å². The Morgan fingerprint density at radius 3 is 2.96 bits per heavy atom. The zero-order valence-corrected chi connectivity index (χ0v) is 11.9. The zero-order chi connectivity index (χ0) is 16.4. The van der Waals surface area contributed by atoms with Crippen LogP contribution in [0.2, 0.25) is 0 Å². The molecule has 2 aromatic rings. The number of hydrogen-bond donors (Lipinski definition) is 2. The van der Waals surface area contributed by atoms with Crippen LogP contribution in [0.25, 0.3) is 0 Å². The maximum Gasteiger partial charge on any atom is 0.432 e. The average Bonchev–Trinajstić information content (AvgIpc) is 3.18. The molecule has 7 nitrogen and oxygen atoms in total. The molecule has 10 heteroatoms. The lowest BCUT2D eigenvalue weighted by Gasteiger charge is -2.31. The van der Waals surface area contributed by atoms with Gasteiger partial charge in [-0.3, -0.25) is 5.32 Å². The lowest BCUT2D eigenvalue weighted by molar-refractivity contribution is -0.141. The molecular weight excluding hydrogens is 315 g/mol. The molecule has 0 bridgehead atoms. The van der Waals surface area contributed by atoms with Crippen molar-refractivity contribution in [3.8, 4) is 0 Å². The van der Waals surface area contributed by atoms with Crippen molar-refractivity contribution in [2.24, 2.45) is 0 Å². The number of aromatic amines is 1. The van der Waals surface area contributed by atoms with Gasteiger partial charge in [-0.1, -0.05) is 5.16 Å². The van der Waals surface area contributed by atoms with E-state index in [9.17, 15) is 18.0 Å². The number of hydrogen-bond acceptors (Lipinski definition) is 4. The number of carbonyl (C=O) groups is 1. The van der Waals surface area contributed by atoms with Crippen LogP contribution in [0.5, 0.6) is 0 Å². The molecule has 3 heterocycles. The Morgan fingerprint density at radius 2 is 2.30 bits per heavy atom. The highest BCUT2D eigenvalue weighted by Gasteiger charge is 2.34. The van der Waals surface area contributed by atoms with E-state index in [1.165, 1.54) is 17.2 Å². The highest BCUT2D eigenvalue weighted by Crippen LogP contribution is 2.31. The molecule has 23 heavy (non-hydrogen) atoms. The number of carbonyl (C=O) groups excluding carboxylic acids is 1. The van der Waals surface area contributed by atoms with Crippen molar-refractivity contribution in [2.75, 3.05) is 18.4 Å². The number of urea groups is 1. The van der Waals surface area contributed by atoms with Gasteiger partial charge in [-0.05, 0) is 12.8 Å². The fourth-order valence-corrected chi connectivity index (χ4v) is 2.54. The topological polar surface area (TPSA) is 87.1 Å². The number of likely N-dealkylation sites (tertiary alicyclic amines) is 1. The Kier molecular flexibility index (Phi) is 3.97. The van der Waals surface area contributed by atoms with Crippen molar-refractivity contribution >= 4 is 11.8 Å². The normalized spacial score (nSPS) is 18.9. The maximum absolute atomic E-state index is 12.6. The van der Waals surface area contributed by atoms with Gasteiger partial charge in [0, 0.05) is 25.1 Å². The van der Waals surface area contributed by atoms with Gasteiger partial charge in [0.05, 0.1) is 6.20 Å². The molecule has 1 saturated heterocycles. The predicted octanol–water partition coefficient (Wildman–Crippen LogP) is 2.83. The van der Waals surface area contributed by atoms with E-state index in [1.807, 2.05) is 0 Å². The summed E-state index contributed by atoms with van der Waals surface area (Å²) in [6.07, 6.45) is -0.999. The zero-order valence-electron chi connectivity index (χ0n) is 11.9. The molecule has 1 fully saturated rings. The first-order valence-electron chi connectivity index (χ1n) is 7.02. The monoisotopic (exact) mass is 329 g/mol. The van der Waals surface area contributed by atoms with Crippen LogP contribution in [0.1, 0.15) is 30.3 Å². The van der Waals surface area contributed by atoms with Gasteiger partial charge in [0.2, 0.25) is 0 Å². The number of halogens is 3. The molecule has 3 rings (SSSR count). The molecule has 2 amide bonds. The van der Waals surface area contributed by atoms with Crippen LogP contribution in [-0.4, -0.2) is 39.1 Å². The van der Waals surface area contributed by atoms with E-state index >= 15 is 0 Å². The van der Waals surface area contributed by atoms with Crippen molar-refractivity contribution in [2.45, 2.75) is 24.9 Å². The number of imidazole rings is 1. The molecule has 0 saturated carbocycles. The second-order valence-electron chi connectivity index (χ2n) is 5.28. The Bertz CT molecular complexity index is 667. The molecule has 2 N–H and O–H groups in total. The smallest absolute Gasteiger partial charge is 0.363 e. The maximum atomic E-state index is 12.6. The quantitative estimate of drug-likeness (QED) is 0.887. The molecule has 0 aromatic carbocycles. The van der Waals surface area contributed by atoms with Crippen molar-refractivity contribution in [3.63, 3.8) is 0 Å². The van der Waals surface area contributed by atoms with Crippen molar-refractivity contribution in [1.29, 1.82) is 0 Å². The lowest BCUT2D eigenvalue weighted by atomic mass is 9.97. The van der Waals surface area contributed by atoms with Gasteiger partial charge < -0.3 is 14.4 Å². The molecular formula is C13H14F3N5O2. The Balaban J connectivity index is 1.66. The SMILES string of the molecule is O=C(Nc1ccon1)N1CCC[C@H](c2ncc(C(F)(F)F)[nH]2)C1. The number of anilines is 1. The Hall–Kier alpha value is -2.52. The third kappa shape index (κ3) is 3.46. The summed E-state index contributed by atoms with van der Waals surface area (Å²) in [5, 5.41) is 6.15. The largest absolute Gasteiger partial charge is 0.432 e. The van der Waals surface area contributed by atoms with Crippen molar-refractivity contribution in [1.82, 2.24) is 20.0 Å². The molecule has 2 aromatic heterocycles. The molecule has 124 valence electrons. The minimum atomic E-state index is -4.45. The van der Waals surface area contributed by atoms with E-state index < -0.39 is 11.9 Å². The minimum Gasteiger partial charge on any atom is -0.363 e. The molecule has 1 aliphatic heterocycles. The summed E-state index contributed by atoms with van der Waals surface area (Å²) in [4.78, 5) is 19.8. The summed E-state index contributed by atoms with van der Waals surface area (Å²) in [5.74, 6) is 0.272. The van der Waals surface area contributed by atoms with Gasteiger partial charge >= 0.3 is 12.2 Å². The van der Waals surface area contributed by atoms with E-state index in [0.717, 1.165) is 6.20 Å². The fraction of sp³-hybridized carbons (Fsp3) is 0.462. The van der Waals surface area contributed by atoms with Crippen LogP contribution in [0.15, 0.2) is 23.0 Å². The highest BCUT2D eigenvalue weighted by molar-refractivity contribution is 5.88. The Labute approximate surface area is 128 Å². The molecule has 0 radical (unpaired) electrons. The summed E-state index contributed by atoms with van der Waals surface area (Å²) in [6, 6.07) is 1.13. The predicted molar refractivity (Wildman–Crippen MR) is 72.7 cm³/mol. The standard InChI is InChI=1S/C13H14F3N5O2/c14-13(15,16)9-6-17-11(18-9)8-2-1-4-21(7-8)12(22)19-10-3-5-23-20-10/h3,5-6,8H,1-2,4,7H2,(H,17,18)(H,19,20,22)/t8-/m0/s1. The van der Waals surface area contributed by atoms with Gasteiger partial charge in [-0.2, -0.15) is 13.2 Å². The number of aromatic nitrogens is 3. The summed E-state index contributed by atoms with van der Waals surface area (Å²) < 4.78 is 42.5. The lowest BCUT2D eigenvalue weighted by Crippen LogP contribution is -2.41. The van der Waals surface area contributed by atoms with Crippen LogP contribution in [-0.2, 0) is 6.18 Å². The fourth-order valence-electron chi connectivity index (χ4n) is 2.54. The molecule has 1 atom stereocenters. The molecule has 1 aliphatic rings. The third-order valence-electron chi connectivity index (χ3n) is 3.67.